The van der Waals surface area contributed by atoms with E-state index < -0.39 is 17.4 Å². The molecule has 0 bridgehead atoms. The Balaban J connectivity index is 1.75. The van der Waals surface area contributed by atoms with Gasteiger partial charge in [0.2, 0.25) is 5.91 Å². The normalized spacial score (nSPS) is 20.6. The van der Waals surface area contributed by atoms with Crippen LogP contribution in [-0.4, -0.2) is 35.0 Å². The van der Waals surface area contributed by atoms with Crippen molar-refractivity contribution in [2.45, 2.75) is 56.5 Å². The van der Waals surface area contributed by atoms with Crippen molar-refractivity contribution >= 4 is 23.2 Å². The molecular weight excluding hydrogens is 330 g/mol. The highest BCUT2D eigenvalue weighted by molar-refractivity contribution is 5.99. The van der Waals surface area contributed by atoms with Crippen LogP contribution in [0.3, 0.4) is 0 Å². The van der Waals surface area contributed by atoms with Gasteiger partial charge in [0.05, 0.1) is 0 Å². The summed E-state index contributed by atoms with van der Waals surface area (Å²) < 4.78 is 29.0. The van der Waals surface area contributed by atoms with E-state index in [0.29, 0.717) is 31.5 Å². The van der Waals surface area contributed by atoms with Crippen LogP contribution in [-0.2, 0) is 9.59 Å². The van der Waals surface area contributed by atoms with Crippen molar-refractivity contribution < 1.29 is 23.5 Å². The summed E-state index contributed by atoms with van der Waals surface area (Å²) in [5.74, 6) is -5.40. The first-order chi connectivity index (χ1) is 11.8. The summed E-state index contributed by atoms with van der Waals surface area (Å²) in [5, 5.41) is 12.4. The predicted molar refractivity (Wildman–Crippen MR) is 89.6 cm³/mol. The highest BCUT2D eigenvalue weighted by Crippen LogP contribution is 2.41. The maximum Gasteiger partial charge on any atom is 0.352 e. The van der Waals surface area contributed by atoms with Crippen LogP contribution in [0.5, 0.6) is 0 Å². The maximum absolute atomic E-state index is 14.5. The Morgan fingerprint density at radius 2 is 1.92 bits per heavy atom. The number of rotatable bonds is 4. The number of anilines is 2. The average Bonchev–Trinajstić information content (AvgIpc) is 3.01. The second kappa shape index (κ2) is 6.71. The summed E-state index contributed by atoms with van der Waals surface area (Å²) in [7, 11) is 0. The van der Waals surface area contributed by atoms with Crippen molar-refractivity contribution in [3.05, 3.63) is 24.3 Å². The van der Waals surface area contributed by atoms with Crippen molar-refractivity contribution in [2.24, 2.45) is 0 Å². The van der Waals surface area contributed by atoms with Crippen molar-refractivity contribution in [3.8, 4) is 0 Å². The van der Waals surface area contributed by atoms with Gasteiger partial charge in [0.25, 0.3) is 5.91 Å². The fourth-order valence-corrected chi connectivity index (χ4v) is 3.54. The number of alkyl halides is 2. The van der Waals surface area contributed by atoms with Gasteiger partial charge in [0.15, 0.2) is 0 Å². The van der Waals surface area contributed by atoms with Gasteiger partial charge >= 0.3 is 5.92 Å². The summed E-state index contributed by atoms with van der Waals surface area (Å²) >= 11 is 0. The molecule has 2 fully saturated rings. The quantitative estimate of drug-likeness (QED) is 0.875. The first-order valence-electron chi connectivity index (χ1n) is 8.66. The molecule has 0 atom stereocenters. The van der Waals surface area contributed by atoms with Gasteiger partial charge in [-0.3, -0.25) is 9.59 Å². The third-order valence-electron chi connectivity index (χ3n) is 5.04. The molecule has 0 spiro atoms. The van der Waals surface area contributed by atoms with E-state index in [1.807, 2.05) is 0 Å². The molecule has 5 nitrogen and oxygen atoms in total. The molecule has 2 aliphatic rings. The highest BCUT2D eigenvalue weighted by atomic mass is 19.3. The van der Waals surface area contributed by atoms with Crippen LogP contribution in [0, 0.1) is 0 Å². The number of amides is 2. The van der Waals surface area contributed by atoms with Crippen molar-refractivity contribution in [3.63, 3.8) is 0 Å². The van der Waals surface area contributed by atoms with Crippen molar-refractivity contribution in [1.29, 1.82) is 0 Å². The average molecular weight is 352 g/mol. The number of carbonyl (C=O) groups excluding carboxylic acids is 2. The van der Waals surface area contributed by atoms with Crippen LogP contribution in [0.4, 0.5) is 20.2 Å². The largest absolute Gasteiger partial charge is 0.383 e. The molecule has 0 radical (unpaired) electrons. The number of nitrogens with one attached hydrogen (secondary N) is 1. The molecule has 0 unspecified atom stereocenters. The third kappa shape index (κ3) is 3.38. The predicted octanol–water partition coefficient (Wildman–Crippen LogP) is 3.08. The SMILES string of the molecule is O=C1CCCN1c1cccc(NC(=O)C(F)(F)C2(O)CCCCC2)c1. The Kier molecular flexibility index (Phi) is 4.77. The Bertz CT molecular complexity index is 672. The number of halogens is 2. The molecule has 1 aliphatic carbocycles. The Labute approximate surface area is 145 Å². The zero-order valence-corrected chi connectivity index (χ0v) is 13.9. The number of nitrogens with zero attached hydrogens (tertiary/aromatic N) is 1. The fraction of sp³-hybridized carbons (Fsp3) is 0.556. The molecule has 2 N–H and O–H groups in total. The molecule has 1 aliphatic heterocycles. The minimum atomic E-state index is -3.87. The van der Waals surface area contributed by atoms with Gasteiger partial charge in [0, 0.05) is 24.3 Å². The van der Waals surface area contributed by atoms with Crippen molar-refractivity contribution in [2.75, 3.05) is 16.8 Å². The molecule has 1 saturated heterocycles. The van der Waals surface area contributed by atoms with Gasteiger partial charge in [-0.15, -0.1) is 0 Å². The van der Waals surface area contributed by atoms with Gasteiger partial charge in [0.1, 0.15) is 5.60 Å². The molecule has 1 aromatic rings. The summed E-state index contributed by atoms with van der Waals surface area (Å²) in [6.07, 6.45) is 2.78. The molecule has 0 aromatic heterocycles. The molecule has 7 heteroatoms. The summed E-state index contributed by atoms with van der Waals surface area (Å²) in [5.41, 5.74) is -1.54. The second-order valence-electron chi connectivity index (χ2n) is 6.82. The summed E-state index contributed by atoms with van der Waals surface area (Å²) in [6, 6.07) is 6.29. The second-order valence-corrected chi connectivity index (χ2v) is 6.82. The zero-order chi connectivity index (χ0) is 18.1. The molecule has 136 valence electrons. The summed E-state index contributed by atoms with van der Waals surface area (Å²) in [4.78, 5) is 25.5. The fourth-order valence-electron chi connectivity index (χ4n) is 3.54. The van der Waals surface area contributed by atoms with Gasteiger partial charge in [-0.25, -0.2) is 0 Å². The lowest BCUT2D eigenvalue weighted by molar-refractivity contribution is -0.196. The summed E-state index contributed by atoms with van der Waals surface area (Å²) in [6.45, 7) is 0.576. The third-order valence-corrected chi connectivity index (χ3v) is 5.04. The monoisotopic (exact) mass is 352 g/mol. The zero-order valence-electron chi connectivity index (χ0n) is 13.9. The van der Waals surface area contributed by atoms with E-state index in [4.69, 9.17) is 0 Å². The van der Waals surface area contributed by atoms with E-state index in [1.54, 1.807) is 17.0 Å². The lowest BCUT2D eigenvalue weighted by Gasteiger charge is -2.37. The first kappa shape index (κ1) is 17.8. The highest BCUT2D eigenvalue weighted by Gasteiger charge is 2.58. The van der Waals surface area contributed by atoms with Crippen LogP contribution in [0.25, 0.3) is 0 Å². The molecule has 1 heterocycles. The maximum atomic E-state index is 14.5. The van der Waals surface area contributed by atoms with E-state index in [9.17, 15) is 23.5 Å². The van der Waals surface area contributed by atoms with Crippen LogP contribution in [0.15, 0.2) is 24.3 Å². The Morgan fingerprint density at radius 1 is 1.20 bits per heavy atom. The minimum absolute atomic E-state index is 0.0228. The molecule has 1 saturated carbocycles. The van der Waals surface area contributed by atoms with E-state index >= 15 is 0 Å². The molecule has 25 heavy (non-hydrogen) atoms. The lowest BCUT2D eigenvalue weighted by atomic mass is 9.79. The number of hydrogen-bond donors (Lipinski definition) is 2. The van der Waals surface area contributed by atoms with Crippen molar-refractivity contribution in [1.82, 2.24) is 0 Å². The van der Waals surface area contributed by atoms with Crippen LogP contribution >= 0.6 is 0 Å². The number of aliphatic hydroxyl groups is 1. The van der Waals surface area contributed by atoms with Gasteiger partial charge < -0.3 is 15.3 Å². The standard InChI is InChI=1S/C18H22F2N2O3/c19-18(20,17(25)9-2-1-3-10-17)16(24)21-13-6-4-7-14(12-13)22-11-5-8-15(22)23/h4,6-7,12,25H,1-3,5,8-11H2,(H,21,24). The molecule has 1 aromatic carbocycles. The smallest absolute Gasteiger partial charge is 0.352 e. The molecule has 2 amide bonds. The Morgan fingerprint density at radius 3 is 2.56 bits per heavy atom. The number of hydrogen-bond acceptors (Lipinski definition) is 3. The van der Waals surface area contributed by atoms with E-state index in [-0.39, 0.29) is 24.4 Å². The van der Waals surface area contributed by atoms with E-state index in [1.165, 1.54) is 12.1 Å². The van der Waals surface area contributed by atoms with E-state index in [2.05, 4.69) is 5.32 Å². The lowest BCUT2D eigenvalue weighted by Crippen LogP contribution is -2.56. The number of carbonyl (C=O) groups is 2. The minimum Gasteiger partial charge on any atom is -0.383 e. The molecular formula is C18H22F2N2O3. The van der Waals surface area contributed by atoms with Crippen LogP contribution < -0.4 is 10.2 Å². The number of benzene rings is 1. The topological polar surface area (TPSA) is 69.6 Å². The van der Waals surface area contributed by atoms with Gasteiger partial charge in [-0.1, -0.05) is 25.3 Å². The van der Waals surface area contributed by atoms with Crippen LogP contribution in [0.1, 0.15) is 44.9 Å². The van der Waals surface area contributed by atoms with Gasteiger partial charge in [-0.05, 0) is 37.5 Å². The van der Waals surface area contributed by atoms with Crippen LogP contribution in [0.2, 0.25) is 0 Å². The van der Waals surface area contributed by atoms with Gasteiger partial charge in [-0.2, -0.15) is 8.78 Å². The van der Waals surface area contributed by atoms with E-state index in [0.717, 1.165) is 12.8 Å². The first-order valence-corrected chi connectivity index (χ1v) is 8.66. The molecule has 3 rings (SSSR count). The Hall–Kier alpha value is -2.02.